The van der Waals surface area contributed by atoms with E-state index in [0.717, 1.165) is 40.3 Å². The Morgan fingerprint density at radius 2 is 2.04 bits per heavy atom. The smallest absolute Gasteiger partial charge is 0.339 e. The van der Waals surface area contributed by atoms with Crippen LogP contribution >= 0.6 is 11.3 Å². The molecule has 0 N–H and O–H groups in total. The highest BCUT2D eigenvalue weighted by atomic mass is 32.1. The SMILES string of the molecule is CCCc1nc(COC(=O)c2cc(C(C)C)nc3c2cnn3C(C)C)cs1. The Morgan fingerprint density at radius 3 is 2.70 bits per heavy atom. The van der Waals surface area contributed by atoms with Gasteiger partial charge in [-0.05, 0) is 38.7 Å². The van der Waals surface area contributed by atoms with Gasteiger partial charge in [-0.2, -0.15) is 5.10 Å². The molecule has 0 fully saturated rings. The van der Waals surface area contributed by atoms with E-state index in [4.69, 9.17) is 9.72 Å². The van der Waals surface area contributed by atoms with Crippen molar-refractivity contribution in [2.24, 2.45) is 0 Å². The van der Waals surface area contributed by atoms with E-state index in [0.29, 0.717) is 5.56 Å². The summed E-state index contributed by atoms with van der Waals surface area (Å²) < 4.78 is 7.40. The lowest BCUT2D eigenvalue weighted by Crippen LogP contribution is -2.10. The lowest BCUT2D eigenvalue weighted by Gasteiger charge is -2.11. The van der Waals surface area contributed by atoms with E-state index in [9.17, 15) is 4.79 Å². The van der Waals surface area contributed by atoms with Crippen molar-refractivity contribution >= 4 is 28.3 Å². The van der Waals surface area contributed by atoms with Crippen LogP contribution in [0.5, 0.6) is 0 Å². The zero-order valence-electron chi connectivity index (χ0n) is 16.5. The molecule has 3 heterocycles. The third-order valence-electron chi connectivity index (χ3n) is 4.30. The van der Waals surface area contributed by atoms with E-state index in [-0.39, 0.29) is 24.5 Å². The van der Waals surface area contributed by atoms with Gasteiger partial charge in [0.05, 0.1) is 27.8 Å². The van der Waals surface area contributed by atoms with Crippen LogP contribution in [0.25, 0.3) is 11.0 Å². The second-order valence-corrected chi connectivity index (χ2v) is 8.17. The van der Waals surface area contributed by atoms with Crippen LogP contribution in [0.1, 0.15) is 79.8 Å². The molecule has 0 aromatic carbocycles. The number of rotatable bonds is 7. The van der Waals surface area contributed by atoms with Gasteiger partial charge in [-0.25, -0.2) is 19.4 Å². The van der Waals surface area contributed by atoms with Gasteiger partial charge in [0.15, 0.2) is 5.65 Å². The molecule has 7 heteroatoms. The van der Waals surface area contributed by atoms with Crippen LogP contribution in [0, 0.1) is 0 Å². The Kier molecular flexibility index (Phi) is 5.89. The maximum Gasteiger partial charge on any atom is 0.339 e. The Morgan fingerprint density at radius 1 is 1.26 bits per heavy atom. The van der Waals surface area contributed by atoms with E-state index in [2.05, 4.69) is 30.9 Å². The van der Waals surface area contributed by atoms with Crippen LogP contribution in [0.3, 0.4) is 0 Å². The molecule has 0 saturated heterocycles. The highest BCUT2D eigenvalue weighted by Gasteiger charge is 2.20. The van der Waals surface area contributed by atoms with Crippen LogP contribution in [0.15, 0.2) is 17.6 Å². The molecule has 0 amide bonds. The second-order valence-electron chi connectivity index (χ2n) is 7.23. The summed E-state index contributed by atoms with van der Waals surface area (Å²) in [6.45, 7) is 10.5. The first-order valence-corrected chi connectivity index (χ1v) is 10.3. The standard InChI is InChI=1S/C20H26N4O2S/c1-6-7-18-22-14(11-27-18)10-26-20(25)15-8-17(12(2)3)23-19-16(15)9-21-24(19)13(4)5/h8-9,11-13H,6-7,10H2,1-5H3. The molecule has 0 saturated carbocycles. The van der Waals surface area contributed by atoms with Gasteiger partial charge < -0.3 is 4.74 Å². The number of ether oxygens (including phenoxy) is 1. The number of aromatic nitrogens is 4. The summed E-state index contributed by atoms with van der Waals surface area (Å²) in [5.74, 6) is -0.163. The summed E-state index contributed by atoms with van der Waals surface area (Å²) in [7, 11) is 0. The highest BCUT2D eigenvalue weighted by Crippen LogP contribution is 2.25. The quantitative estimate of drug-likeness (QED) is 0.540. The number of hydrogen-bond acceptors (Lipinski definition) is 6. The van der Waals surface area contributed by atoms with Crippen molar-refractivity contribution < 1.29 is 9.53 Å². The number of nitrogens with zero attached hydrogens (tertiary/aromatic N) is 4. The van der Waals surface area contributed by atoms with Crippen LogP contribution < -0.4 is 0 Å². The Labute approximate surface area is 163 Å². The van der Waals surface area contributed by atoms with Crippen LogP contribution in [0.2, 0.25) is 0 Å². The number of fused-ring (bicyclic) bond motifs is 1. The average Bonchev–Trinajstić information content (AvgIpc) is 3.25. The summed E-state index contributed by atoms with van der Waals surface area (Å²) in [4.78, 5) is 22.0. The number of carbonyl (C=O) groups excluding carboxylic acids is 1. The molecule has 0 aliphatic heterocycles. The maximum absolute atomic E-state index is 12.8. The van der Waals surface area contributed by atoms with Crippen molar-refractivity contribution in [3.05, 3.63) is 39.6 Å². The van der Waals surface area contributed by atoms with Gasteiger partial charge in [-0.15, -0.1) is 11.3 Å². The minimum atomic E-state index is -0.363. The largest absolute Gasteiger partial charge is 0.456 e. The van der Waals surface area contributed by atoms with E-state index in [1.807, 2.05) is 30.0 Å². The van der Waals surface area contributed by atoms with E-state index >= 15 is 0 Å². The van der Waals surface area contributed by atoms with Gasteiger partial charge >= 0.3 is 5.97 Å². The van der Waals surface area contributed by atoms with Crippen molar-refractivity contribution in [1.82, 2.24) is 19.7 Å². The molecule has 0 radical (unpaired) electrons. The number of esters is 1. The van der Waals surface area contributed by atoms with Crippen molar-refractivity contribution in [2.75, 3.05) is 0 Å². The van der Waals surface area contributed by atoms with Crippen LogP contribution in [0.4, 0.5) is 0 Å². The first-order chi connectivity index (χ1) is 12.9. The van der Waals surface area contributed by atoms with Crippen LogP contribution in [-0.2, 0) is 17.8 Å². The number of thiazole rings is 1. The zero-order valence-corrected chi connectivity index (χ0v) is 17.3. The topological polar surface area (TPSA) is 69.9 Å². The Bertz CT molecular complexity index is 943. The molecule has 0 atom stereocenters. The minimum Gasteiger partial charge on any atom is -0.456 e. The monoisotopic (exact) mass is 386 g/mol. The molecular formula is C20H26N4O2S. The normalized spacial score (nSPS) is 11.7. The van der Waals surface area contributed by atoms with Gasteiger partial charge in [-0.3, -0.25) is 0 Å². The molecule has 144 valence electrons. The van der Waals surface area contributed by atoms with Crippen molar-refractivity contribution in [1.29, 1.82) is 0 Å². The van der Waals surface area contributed by atoms with Gasteiger partial charge in [-0.1, -0.05) is 20.8 Å². The molecule has 0 bridgehead atoms. The lowest BCUT2D eigenvalue weighted by molar-refractivity contribution is 0.0470. The van der Waals surface area contributed by atoms with Gasteiger partial charge in [0.2, 0.25) is 0 Å². The van der Waals surface area contributed by atoms with E-state index < -0.39 is 0 Å². The minimum absolute atomic E-state index is 0.160. The highest BCUT2D eigenvalue weighted by molar-refractivity contribution is 7.09. The molecule has 0 unspecified atom stereocenters. The second kappa shape index (κ2) is 8.17. The molecule has 3 aromatic rings. The summed E-state index contributed by atoms with van der Waals surface area (Å²) >= 11 is 1.61. The predicted molar refractivity (Wildman–Crippen MR) is 107 cm³/mol. The third-order valence-corrected chi connectivity index (χ3v) is 5.26. The molecule has 0 aliphatic rings. The molecule has 27 heavy (non-hydrogen) atoms. The summed E-state index contributed by atoms with van der Waals surface area (Å²) in [6.07, 6.45) is 3.71. The fraction of sp³-hybridized carbons (Fsp3) is 0.500. The first kappa shape index (κ1) is 19.5. The van der Waals surface area contributed by atoms with Crippen molar-refractivity contribution in [3.8, 4) is 0 Å². The van der Waals surface area contributed by atoms with Crippen molar-refractivity contribution in [3.63, 3.8) is 0 Å². The number of pyridine rings is 1. The van der Waals surface area contributed by atoms with Gasteiger partial charge in [0.25, 0.3) is 0 Å². The zero-order chi connectivity index (χ0) is 19.6. The Hall–Kier alpha value is -2.28. The Balaban J connectivity index is 1.88. The number of hydrogen-bond donors (Lipinski definition) is 0. The average molecular weight is 387 g/mol. The molecule has 6 nitrogen and oxygen atoms in total. The van der Waals surface area contributed by atoms with E-state index in [1.165, 1.54) is 0 Å². The fourth-order valence-corrected chi connectivity index (χ4v) is 3.73. The fourth-order valence-electron chi connectivity index (χ4n) is 2.84. The lowest BCUT2D eigenvalue weighted by atomic mass is 10.1. The molecule has 0 aliphatic carbocycles. The summed E-state index contributed by atoms with van der Waals surface area (Å²) in [5.41, 5.74) is 2.89. The number of carbonyl (C=O) groups is 1. The van der Waals surface area contributed by atoms with Crippen molar-refractivity contribution in [2.45, 2.75) is 66.0 Å². The molecule has 0 spiro atoms. The van der Waals surface area contributed by atoms with Gasteiger partial charge in [0.1, 0.15) is 6.61 Å². The first-order valence-electron chi connectivity index (χ1n) is 9.39. The predicted octanol–water partition coefficient (Wildman–Crippen LogP) is 4.90. The summed E-state index contributed by atoms with van der Waals surface area (Å²) in [5, 5.41) is 8.18. The molecule has 3 aromatic heterocycles. The van der Waals surface area contributed by atoms with Gasteiger partial charge in [0, 0.05) is 17.1 Å². The maximum atomic E-state index is 12.8. The third kappa shape index (κ3) is 4.18. The molecule has 3 rings (SSSR count). The number of aryl methyl sites for hydroxylation is 1. The summed E-state index contributed by atoms with van der Waals surface area (Å²) in [6, 6.07) is 1.99. The van der Waals surface area contributed by atoms with Crippen LogP contribution in [-0.4, -0.2) is 25.7 Å². The van der Waals surface area contributed by atoms with E-state index in [1.54, 1.807) is 17.5 Å². The molecular weight excluding hydrogens is 360 g/mol.